The summed E-state index contributed by atoms with van der Waals surface area (Å²) in [6, 6.07) is 7.76. The van der Waals surface area contributed by atoms with E-state index in [2.05, 4.69) is 0 Å². The third kappa shape index (κ3) is 3.92. The van der Waals surface area contributed by atoms with Gasteiger partial charge in [-0.25, -0.2) is 0 Å². The summed E-state index contributed by atoms with van der Waals surface area (Å²) in [5.74, 6) is 0.0650. The first-order valence-corrected chi connectivity index (χ1v) is 6.61. The van der Waals surface area contributed by atoms with Crippen LogP contribution < -0.4 is 10.6 Å². The van der Waals surface area contributed by atoms with Crippen molar-refractivity contribution < 1.29 is 4.79 Å². The molecule has 0 spiro atoms. The lowest BCUT2D eigenvalue weighted by Crippen LogP contribution is -2.40. The molecule has 0 aromatic heterocycles. The third-order valence-electron chi connectivity index (χ3n) is 3.12. The van der Waals surface area contributed by atoms with E-state index in [9.17, 15) is 4.79 Å². The number of rotatable bonds is 5. The van der Waals surface area contributed by atoms with Crippen molar-refractivity contribution in [1.29, 1.82) is 0 Å². The number of amides is 1. The normalized spacial score (nSPS) is 10.4. The minimum absolute atomic E-state index is 0.0650. The Morgan fingerprint density at radius 3 is 2.42 bits per heavy atom. The maximum Gasteiger partial charge on any atom is 0.242 e. The van der Waals surface area contributed by atoms with Gasteiger partial charge in [-0.1, -0.05) is 24.4 Å². The van der Waals surface area contributed by atoms with Crippen LogP contribution in [0.3, 0.4) is 0 Å². The van der Waals surface area contributed by atoms with E-state index in [0.29, 0.717) is 11.5 Å². The molecule has 0 aliphatic rings. The maximum absolute atomic E-state index is 12.1. The molecule has 0 fully saturated rings. The highest BCUT2D eigenvalue weighted by molar-refractivity contribution is 7.80. The molecule has 2 N–H and O–H groups in total. The fourth-order valence-corrected chi connectivity index (χ4v) is 1.88. The predicted molar refractivity (Wildman–Crippen MR) is 83.5 cm³/mol. The van der Waals surface area contributed by atoms with Gasteiger partial charge in [0.2, 0.25) is 5.91 Å². The van der Waals surface area contributed by atoms with Crippen LogP contribution in [0.1, 0.15) is 19.4 Å². The molecule has 0 bridgehead atoms. The lowest BCUT2D eigenvalue weighted by molar-refractivity contribution is -0.129. The Kier molecular flexibility index (Phi) is 5.30. The first-order valence-electron chi connectivity index (χ1n) is 6.20. The van der Waals surface area contributed by atoms with Crippen molar-refractivity contribution in [1.82, 2.24) is 4.90 Å². The SMILES string of the molecule is CC(C)N(C)C(=O)CN(C)c1ccccc1C(N)=S. The zero-order valence-corrected chi connectivity index (χ0v) is 12.7. The summed E-state index contributed by atoms with van der Waals surface area (Å²) >= 11 is 5.03. The van der Waals surface area contributed by atoms with E-state index in [4.69, 9.17) is 18.0 Å². The number of carbonyl (C=O) groups is 1. The van der Waals surface area contributed by atoms with Crippen molar-refractivity contribution in [3.8, 4) is 0 Å². The molecule has 0 aliphatic heterocycles. The number of likely N-dealkylation sites (N-methyl/N-ethyl adjacent to an activating group) is 2. The quantitative estimate of drug-likeness (QED) is 0.832. The van der Waals surface area contributed by atoms with E-state index in [1.807, 2.05) is 50.1 Å². The van der Waals surface area contributed by atoms with Crippen molar-refractivity contribution >= 4 is 28.8 Å². The van der Waals surface area contributed by atoms with Crippen LogP contribution >= 0.6 is 12.2 Å². The van der Waals surface area contributed by atoms with E-state index in [0.717, 1.165) is 11.3 Å². The van der Waals surface area contributed by atoms with Gasteiger partial charge in [-0.2, -0.15) is 0 Å². The highest BCUT2D eigenvalue weighted by Crippen LogP contribution is 2.19. The Balaban J connectivity index is 2.87. The molecule has 0 radical (unpaired) electrons. The number of nitrogens with two attached hydrogens (primary N) is 1. The summed E-state index contributed by atoms with van der Waals surface area (Å²) in [6.45, 7) is 4.27. The molecule has 0 heterocycles. The Labute approximate surface area is 120 Å². The summed E-state index contributed by atoms with van der Waals surface area (Å²) in [7, 11) is 3.67. The average Bonchev–Trinajstić information content (AvgIpc) is 2.37. The van der Waals surface area contributed by atoms with Crippen LogP contribution in [-0.4, -0.2) is 42.5 Å². The van der Waals surface area contributed by atoms with Crippen molar-refractivity contribution in [2.45, 2.75) is 19.9 Å². The van der Waals surface area contributed by atoms with Gasteiger partial charge in [-0.3, -0.25) is 4.79 Å². The molecule has 0 atom stereocenters. The van der Waals surface area contributed by atoms with Crippen LogP contribution in [0.4, 0.5) is 5.69 Å². The second-order valence-corrected chi connectivity index (χ2v) is 5.28. The Hall–Kier alpha value is -1.62. The summed E-state index contributed by atoms with van der Waals surface area (Å²) in [4.78, 5) is 16.0. The highest BCUT2D eigenvalue weighted by Gasteiger charge is 2.16. The molecule has 104 valence electrons. The molecule has 4 nitrogen and oxygen atoms in total. The summed E-state index contributed by atoms with van der Waals surface area (Å²) in [5.41, 5.74) is 7.37. The first kappa shape index (κ1) is 15.4. The number of hydrogen-bond acceptors (Lipinski definition) is 3. The number of benzene rings is 1. The minimum atomic E-state index is 0.0650. The van der Waals surface area contributed by atoms with Gasteiger partial charge in [0.1, 0.15) is 4.99 Å². The lowest BCUT2D eigenvalue weighted by atomic mass is 10.1. The van der Waals surface area contributed by atoms with Crippen molar-refractivity contribution in [3.63, 3.8) is 0 Å². The van der Waals surface area contributed by atoms with Crippen LogP contribution in [0, 0.1) is 0 Å². The van der Waals surface area contributed by atoms with E-state index in [1.165, 1.54) is 0 Å². The van der Waals surface area contributed by atoms with Gasteiger partial charge in [-0.05, 0) is 26.0 Å². The van der Waals surface area contributed by atoms with E-state index >= 15 is 0 Å². The van der Waals surface area contributed by atoms with E-state index in [1.54, 1.807) is 11.9 Å². The number of nitrogens with zero attached hydrogens (tertiary/aromatic N) is 2. The van der Waals surface area contributed by atoms with Crippen LogP contribution in [0.15, 0.2) is 24.3 Å². The Morgan fingerprint density at radius 1 is 1.32 bits per heavy atom. The molecule has 1 aromatic rings. The number of thiocarbonyl (C=S) groups is 1. The molecule has 5 heteroatoms. The number of anilines is 1. The van der Waals surface area contributed by atoms with Gasteiger partial charge in [0.25, 0.3) is 0 Å². The standard InChI is InChI=1S/C14H21N3OS/c1-10(2)17(4)13(18)9-16(3)12-8-6-5-7-11(12)14(15)19/h5-8,10H,9H2,1-4H3,(H2,15,19). The topological polar surface area (TPSA) is 49.6 Å². The second-order valence-electron chi connectivity index (χ2n) is 4.84. The predicted octanol–water partition coefficient (Wildman–Crippen LogP) is 1.62. The van der Waals surface area contributed by atoms with Gasteiger partial charge in [-0.15, -0.1) is 0 Å². The van der Waals surface area contributed by atoms with Crippen molar-refractivity contribution in [2.24, 2.45) is 5.73 Å². The van der Waals surface area contributed by atoms with E-state index < -0.39 is 0 Å². The summed E-state index contributed by atoms with van der Waals surface area (Å²) < 4.78 is 0. The Morgan fingerprint density at radius 2 is 1.89 bits per heavy atom. The molecule has 19 heavy (non-hydrogen) atoms. The largest absolute Gasteiger partial charge is 0.389 e. The molecule has 0 aliphatic carbocycles. The summed E-state index contributed by atoms with van der Waals surface area (Å²) in [6.07, 6.45) is 0. The monoisotopic (exact) mass is 279 g/mol. The highest BCUT2D eigenvalue weighted by atomic mass is 32.1. The fraction of sp³-hybridized carbons (Fsp3) is 0.429. The molecular weight excluding hydrogens is 258 g/mol. The van der Waals surface area contributed by atoms with Gasteiger partial charge in [0.05, 0.1) is 6.54 Å². The van der Waals surface area contributed by atoms with Crippen LogP contribution in [-0.2, 0) is 4.79 Å². The average molecular weight is 279 g/mol. The van der Waals surface area contributed by atoms with Crippen LogP contribution in [0.5, 0.6) is 0 Å². The smallest absolute Gasteiger partial charge is 0.242 e. The zero-order valence-electron chi connectivity index (χ0n) is 11.9. The Bertz CT molecular complexity index is 474. The van der Waals surface area contributed by atoms with Gasteiger partial charge < -0.3 is 15.5 Å². The number of hydrogen-bond donors (Lipinski definition) is 1. The van der Waals surface area contributed by atoms with Crippen molar-refractivity contribution in [2.75, 3.05) is 25.5 Å². The molecule has 0 unspecified atom stereocenters. The van der Waals surface area contributed by atoms with Crippen molar-refractivity contribution in [3.05, 3.63) is 29.8 Å². The first-order chi connectivity index (χ1) is 8.84. The minimum Gasteiger partial charge on any atom is -0.389 e. The van der Waals surface area contributed by atoms with Gasteiger partial charge in [0.15, 0.2) is 0 Å². The van der Waals surface area contributed by atoms with Gasteiger partial charge >= 0.3 is 0 Å². The summed E-state index contributed by atoms with van der Waals surface area (Å²) in [5, 5.41) is 0. The second kappa shape index (κ2) is 6.52. The maximum atomic E-state index is 12.1. The lowest BCUT2D eigenvalue weighted by Gasteiger charge is -2.27. The molecule has 1 rings (SSSR count). The molecule has 1 aromatic carbocycles. The molecule has 0 saturated heterocycles. The number of carbonyl (C=O) groups excluding carboxylic acids is 1. The third-order valence-corrected chi connectivity index (χ3v) is 3.34. The molecule has 0 saturated carbocycles. The van der Waals surface area contributed by atoms with Crippen LogP contribution in [0.25, 0.3) is 0 Å². The zero-order chi connectivity index (χ0) is 14.6. The van der Waals surface area contributed by atoms with Crippen LogP contribution in [0.2, 0.25) is 0 Å². The van der Waals surface area contributed by atoms with Gasteiger partial charge in [0, 0.05) is 31.4 Å². The molecular formula is C14H21N3OS. The fourth-order valence-electron chi connectivity index (χ4n) is 1.70. The number of para-hydroxylation sites is 1. The molecule has 1 amide bonds. The van der Waals surface area contributed by atoms with E-state index in [-0.39, 0.29) is 11.9 Å².